The minimum absolute atomic E-state index is 0.00952. The summed E-state index contributed by atoms with van der Waals surface area (Å²) in [7, 11) is -3.01. The quantitative estimate of drug-likeness (QED) is 0.784. The third kappa shape index (κ3) is 3.30. The monoisotopic (exact) mass is 354 g/mol. The van der Waals surface area contributed by atoms with E-state index in [9.17, 15) is 9.90 Å². The van der Waals surface area contributed by atoms with E-state index in [0.29, 0.717) is 0 Å². The first-order valence-electron chi connectivity index (χ1n) is 8.75. The summed E-state index contributed by atoms with van der Waals surface area (Å²) in [6.45, 7) is 4.27. The molecule has 0 spiro atoms. The molecule has 1 aliphatic rings. The molecule has 0 saturated carbocycles. The first-order valence-corrected chi connectivity index (χ1v) is 10.7. The first-order chi connectivity index (χ1) is 12.0. The summed E-state index contributed by atoms with van der Waals surface area (Å²) >= 11 is 0. The van der Waals surface area contributed by atoms with Crippen LogP contribution in [0.2, 0.25) is 5.04 Å². The van der Waals surface area contributed by atoms with Crippen molar-refractivity contribution in [2.45, 2.75) is 31.4 Å². The summed E-state index contributed by atoms with van der Waals surface area (Å²) < 4.78 is 5.49. The van der Waals surface area contributed by atoms with Crippen LogP contribution in [-0.4, -0.2) is 30.9 Å². The Morgan fingerprint density at radius 1 is 0.960 bits per heavy atom. The van der Waals surface area contributed by atoms with Gasteiger partial charge in [-0.2, -0.15) is 0 Å². The number of hydrogen-bond acceptors (Lipinski definition) is 3. The van der Waals surface area contributed by atoms with Gasteiger partial charge in [0.15, 0.2) is 0 Å². The lowest BCUT2D eigenvalue weighted by Gasteiger charge is -2.42. The standard InChI is InChI=1S/C21H26O3Si/c1-21(2,15-17-13-14-24-20(17)16-22)25(23,18-9-5-3-6-10-18)19-11-7-4-8-12-19/h3-14,17,20,22-23H,15-16H2,1-2H3/t17-,20+/m0/s1. The number of aliphatic hydroxyl groups is 1. The Bertz CT molecular complexity index is 673. The smallest absolute Gasteiger partial charge is 0.258 e. The summed E-state index contributed by atoms with van der Waals surface area (Å²) in [5, 5.41) is 11.2. The molecule has 0 aromatic heterocycles. The van der Waals surface area contributed by atoms with Crippen LogP contribution in [0.3, 0.4) is 0 Å². The molecule has 4 heteroatoms. The Kier molecular flexibility index (Phi) is 5.13. The van der Waals surface area contributed by atoms with Gasteiger partial charge in [-0.15, -0.1) is 0 Å². The van der Waals surface area contributed by atoms with Crippen LogP contribution in [0.1, 0.15) is 20.3 Å². The van der Waals surface area contributed by atoms with Crippen LogP contribution < -0.4 is 10.4 Å². The SMILES string of the molecule is CC(C)(C[C@@H]1C=CO[C@@H]1CO)[Si](O)(c1ccccc1)c1ccccc1. The Morgan fingerprint density at radius 2 is 1.48 bits per heavy atom. The molecule has 132 valence electrons. The summed E-state index contributed by atoms with van der Waals surface area (Å²) in [6.07, 6.45) is 4.21. The topological polar surface area (TPSA) is 49.7 Å². The van der Waals surface area contributed by atoms with Crippen molar-refractivity contribution in [1.29, 1.82) is 0 Å². The van der Waals surface area contributed by atoms with Crippen molar-refractivity contribution in [1.82, 2.24) is 0 Å². The molecule has 1 heterocycles. The Balaban J connectivity index is 2.03. The molecular formula is C21H26O3Si. The fraction of sp³-hybridized carbons (Fsp3) is 0.333. The van der Waals surface area contributed by atoms with Crippen molar-refractivity contribution < 1.29 is 14.6 Å². The van der Waals surface area contributed by atoms with Gasteiger partial charge in [-0.05, 0) is 27.9 Å². The highest BCUT2D eigenvalue weighted by Gasteiger charge is 2.51. The second-order valence-electron chi connectivity index (χ2n) is 7.38. The predicted octanol–water partition coefficient (Wildman–Crippen LogP) is 2.43. The van der Waals surface area contributed by atoms with E-state index in [-0.39, 0.29) is 23.7 Å². The molecule has 2 aromatic rings. The molecule has 1 aliphatic heterocycles. The number of aliphatic hydroxyl groups excluding tert-OH is 1. The van der Waals surface area contributed by atoms with E-state index >= 15 is 0 Å². The molecule has 0 fully saturated rings. The van der Waals surface area contributed by atoms with Crippen LogP contribution in [0.25, 0.3) is 0 Å². The molecule has 3 rings (SSSR count). The number of rotatable bonds is 6. The third-order valence-corrected chi connectivity index (χ3v) is 9.85. The minimum atomic E-state index is -3.01. The maximum absolute atomic E-state index is 12.1. The van der Waals surface area contributed by atoms with Gasteiger partial charge in [0.25, 0.3) is 8.32 Å². The lowest BCUT2D eigenvalue weighted by Crippen LogP contribution is -2.65. The zero-order valence-corrected chi connectivity index (χ0v) is 15.8. The molecule has 0 bridgehead atoms. The summed E-state index contributed by atoms with van der Waals surface area (Å²) in [5.41, 5.74) is 0. The normalized spacial score (nSPS) is 20.5. The van der Waals surface area contributed by atoms with Crippen molar-refractivity contribution >= 4 is 18.7 Å². The van der Waals surface area contributed by atoms with E-state index in [2.05, 4.69) is 13.8 Å². The van der Waals surface area contributed by atoms with Crippen molar-refractivity contribution in [2.75, 3.05) is 6.61 Å². The second-order valence-corrected chi connectivity index (χ2v) is 11.3. The Hall–Kier alpha value is -1.88. The van der Waals surface area contributed by atoms with Crippen LogP contribution in [0.5, 0.6) is 0 Å². The second kappa shape index (κ2) is 7.16. The van der Waals surface area contributed by atoms with Crippen LogP contribution >= 0.6 is 0 Å². The van der Waals surface area contributed by atoms with Crippen LogP contribution in [0.4, 0.5) is 0 Å². The minimum Gasteiger partial charge on any atom is -0.495 e. The number of ether oxygens (including phenoxy) is 1. The summed E-state index contributed by atoms with van der Waals surface area (Å²) in [5.74, 6) is 0.103. The third-order valence-electron chi connectivity index (χ3n) is 5.35. The summed E-state index contributed by atoms with van der Waals surface area (Å²) in [4.78, 5) is 12.1. The van der Waals surface area contributed by atoms with E-state index in [1.165, 1.54) is 0 Å². The maximum Gasteiger partial charge on any atom is 0.258 e. The molecule has 2 aromatic carbocycles. The molecule has 2 atom stereocenters. The van der Waals surface area contributed by atoms with Crippen molar-refractivity contribution in [3.8, 4) is 0 Å². The van der Waals surface area contributed by atoms with Crippen molar-refractivity contribution in [3.63, 3.8) is 0 Å². The Morgan fingerprint density at radius 3 is 1.96 bits per heavy atom. The maximum atomic E-state index is 12.1. The van der Waals surface area contributed by atoms with Gasteiger partial charge in [0.2, 0.25) is 0 Å². The lowest BCUT2D eigenvalue weighted by molar-refractivity contribution is 0.0629. The number of hydrogen-bond donors (Lipinski definition) is 2. The van der Waals surface area contributed by atoms with Gasteiger partial charge in [-0.3, -0.25) is 0 Å². The van der Waals surface area contributed by atoms with Gasteiger partial charge in [-0.1, -0.05) is 74.5 Å². The van der Waals surface area contributed by atoms with E-state index in [4.69, 9.17) is 4.74 Å². The Labute approximate surface area is 150 Å². The molecule has 0 amide bonds. The van der Waals surface area contributed by atoms with E-state index in [1.807, 2.05) is 66.7 Å². The van der Waals surface area contributed by atoms with Gasteiger partial charge >= 0.3 is 0 Å². The molecule has 0 aliphatic carbocycles. The van der Waals surface area contributed by atoms with Crippen LogP contribution in [0, 0.1) is 5.92 Å². The first kappa shape index (κ1) is 17.9. The zero-order chi connectivity index (χ0) is 17.9. The molecule has 25 heavy (non-hydrogen) atoms. The highest BCUT2D eigenvalue weighted by molar-refractivity contribution is 6.98. The highest BCUT2D eigenvalue weighted by Crippen LogP contribution is 2.43. The molecule has 2 N–H and O–H groups in total. The highest BCUT2D eigenvalue weighted by atomic mass is 28.4. The average molecular weight is 355 g/mol. The van der Waals surface area contributed by atoms with E-state index < -0.39 is 8.32 Å². The van der Waals surface area contributed by atoms with E-state index in [0.717, 1.165) is 16.8 Å². The molecular weight excluding hydrogens is 328 g/mol. The van der Waals surface area contributed by atoms with Crippen molar-refractivity contribution in [2.24, 2.45) is 5.92 Å². The van der Waals surface area contributed by atoms with Gasteiger partial charge < -0.3 is 14.6 Å². The molecule has 0 unspecified atom stereocenters. The van der Waals surface area contributed by atoms with E-state index in [1.54, 1.807) is 6.26 Å². The van der Waals surface area contributed by atoms with Gasteiger partial charge in [-0.25, -0.2) is 0 Å². The van der Waals surface area contributed by atoms with Gasteiger partial charge in [0, 0.05) is 5.92 Å². The zero-order valence-electron chi connectivity index (χ0n) is 14.8. The fourth-order valence-corrected chi connectivity index (χ4v) is 7.67. The van der Waals surface area contributed by atoms with Gasteiger partial charge in [0.1, 0.15) is 6.10 Å². The van der Waals surface area contributed by atoms with Crippen LogP contribution in [-0.2, 0) is 4.74 Å². The average Bonchev–Trinajstić information content (AvgIpc) is 3.08. The fourth-order valence-electron chi connectivity index (χ4n) is 3.89. The molecule has 0 radical (unpaired) electrons. The molecule has 3 nitrogen and oxygen atoms in total. The van der Waals surface area contributed by atoms with Crippen LogP contribution in [0.15, 0.2) is 73.0 Å². The van der Waals surface area contributed by atoms with Crippen molar-refractivity contribution in [3.05, 3.63) is 73.0 Å². The molecule has 0 saturated heterocycles. The van der Waals surface area contributed by atoms with Gasteiger partial charge in [0.05, 0.1) is 12.9 Å². The lowest BCUT2D eigenvalue weighted by atomic mass is 9.92. The summed E-state index contributed by atoms with van der Waals surface area (Å²) in [6, 6.07) is 20.0. The predicted molar refractivity (Wildman–Crippen MR) is 103 cm³/mol. The number of benzene rings is 2. The largest absolute Gasteiger partial charge is 0.495 e.